The minimum atomic E-state index is 0.790. The van der Waals surface area contributed by atoms with Crippen LogP contribution in [0.5, 0.6) is 0 Å². The van der Waals surface area contributed by atoms with E-state index < -0.39 is 0 Å². The third-order valence-corrected chi connectivity index (χ3v) is 4.47. The quantitative estimate of drug-likeness (QED) is 0.722. The number of hydrogen-bond acceptors (Lipinski definition) is 2. The van der Waals surface area contributed by atoms with E-state index in [-0.39, 0.29) is 0 Å². The van der Waals surface area contributed by atoms with Gasteiger partial charge < -0.3 is 9.13 Å². The van der Waals surface area contributed by atoms with Gasteiger partial charge in [-0.15, -0.1) is 10.2 Å². The second kappa shape index (κ2) is 4.74. The van der Waals surface area contributed by atoms with Crippen molar-refractivity contribution in [2.24, 2.45) is 0 Å². The highest BCUT2D eigenvalue weighted by Crippen LogP contribution is 2.22. The van der Waals surface area contributed by atoms with Crippen LogP contribution >= 0.6 is 15.9 Å². The maximum atomic E-state index is 4.38. The molecule has 3 aromatic rings. The van der Waals surface area contributed by atoms with E-state index in [4.69, 9.17) is 0 Å². The molecule has 0 aliphatic carbocycles. The van der Waals surface area contributed by atoms with E-state index in [1.54, 1.807) is 0 Å². The van der Waals surface area contributed by atoms with Crippen molar-refractivity contribution in [1.29, 1.82) is 0 Å². The summed E-state index contributed by atoms with van der Waals surface area (Å²) in [6.07, 6.45) is 5.66. The van der Waals surface area contributed by atoms with E-state index in [2.05, 4.69) is 65.7 Å². The Labute approximate surface area is 125 Å². The van der Waals surface area contributed by atoms with Crippen LogP contribution < -0.4 is 0 Å². The van der Waals surface area contributed by atoms with Crippen LogP contribution in [-0.4, -0.2) is 19.3 Å². The van der Waals surface area contributed by atoms with Crippen molar-refractivity contribution < 1.29 is 0 Å². The van der Waals surface area contributed by atoms with Gasteiger partial charge in [0.1, 0.15) is 5.82 Å². The molecule has 0 amide bonds. The molecule has 0 atom stereocenters. The number of aryl methyl sites for hydroxylation is 1. The van der Waals surface area contributed by atoms with Gasteiger partial charge in [-0.05, 0) is 37.1 Å². The lowest BCUT2D eigenvalue weighted by Gasteiger charge is -2.15. The van der Waals surface area contributed by atoms with Gasteiger partial charge in [-0.1, -0.05) is 15.9 Å². The molecule has 1 aliphatic heterocycles. The molecule has 20 heavy (non-hydrogen) atoms. The Morgan fingerprint density at radius 1 is 1.15 bits per heavy atom. The Morgan fingerprint density at radius 2 is 2.10 bits per heavy atom. The second-order valence-corrected chi connectivity index (χ2v) is 6.20. The third kappa shape index (κ3) is 1.97. The van der Waals surface area contributed by atoms with Crippen LogP contribution in [0.1, 0.15) is 24.5 Å². The standard InChI is InChI=1S/C15H15BrN4/c16-12-4-5-13-11(9-12)6-8-19(13)10-15-18-17-14-3-1-2-7-20(14)15/h4-6,8-9H,1-3,7,10H2. The zero-order valence-corrected chi connectivity index (χ0v) is 12.7. The summed E-state index contributed by atoms with van der Waals surface area (Å²) in [5, 5.41) is 9.95. The molecule has 2 aromatic heterocycles. The number of fused-ring (bicyclic) bond motifs is 2. The lowest BCUT2D eigenvalue weighted by molar-refractivity contribution is 0.503. The first kappa shape index (κ1) is 12.1. The van der Waals surface area contributed by atoms with Crippen molar-refractivity contribution in [3.63, 3.8) is 0 Å². The maximum Gasteiger partial charge on any atom is 0.153 e. The van der Waals surface area contributed by atoms with Gasteiger partial charge in [-0.25, -0.2) is 0 Å². The van der Waals surface area contributed by atoms with Gasteiger partial charge >= 0.3 is 0 Å². The first-order valence-electron chi connectivity index (χ1n) is 6.96. The van der Waals surface area contributed by atoms with Gasteiger partial charge in [0.2, 0.25) is 0 Å². The Bertz CT molecular complexity index is 771. The molecule has 0 fully saturated rings. The van der Waals surface area contributed by atoms with Crippen molar-refractivity contribution in [2.45, 2.75) is 32.4 Å². The molecular weight excluding hydrogens is 316 g/mol. The van der Waals surface area contributed by atoms with Gasteiger partial charge in [0.05, 0.1) is 6.54 Å². The Morgan fingerprint density at radius 3 is 3.05 bits per heavy atom. The number of halogens is 1. The summed E-state index contributed by atoms with van der Waals surface area (Å²) in [7, 11) is 0. The number of rotatable bonds is 2. The van der Waals surface area contributed by atoms with Crippen LogP contribution in [0.4, 0.5) is 0 Å². The minimum Gasteiger partial charge on any atom is -0.340 e. The molecular formula is C15H15BrN4. The van der Waals surface area contributed by atoms with Crippen LogP contribution in [0, 0.1) is 0 Å². The van der Waals surface area contributed by atoms with Crippen molar-refractivity contribution in [3.8, 4) is 0 Å². The normalized spacial score (nSPS) is 14.7. The van der Waals surface area contributed by atoms with Crippen LogP contribution in [0.3, 0.4) is 0 Å². The summed E-state index contributed by atoms with van der Waals surface area (Å²) < 4.78 is 5.64. The molecule has 0 saturated heterocycles. The molecule has 1 aliphatic rings. The molecule has 4 nitrogen and oxygen atoms in total. The first-order chi connectivity index (χ1) is 9.81. The second-order valence-electron chi connectivity index (χ2n) is 5.29. The van der Waals surface area contributed by atoms with E-state index in [0.29, 0.717) is 0 Å². The lowest BCUT2D eigenvalue weighted by Crippen LogP contribution is -2.14. The van der Waals surface area contributed by atoms with Gasteiger partial charge in [-0.2, -0.15) is 0 Å². The zero-order chi connectivity index (χ0) is 13.5. The lowest BCUT2D eigenvalue weighted by atomic mass is 10.2. The summed E-state index contributed by atoms with van der Waals surface area (Å²) in [6.45, 7) is 1.85. The zero-order valence-electron chi connectivity index (χ0n) is 11.1. The highest BCUT2D eigenvalue weighted by atomic mass is 79.9. The molecule has 0 bridgehead atoms. The van der Waals surface area contributed by atoms with Crippen LogP contribution in [0.2, 0.25) is 0 Å². The van der Waals surface area contributed by atoms with Gasteiger partial charge in [0, 0.05) is 34.5 Å². The highest BCUT2D eigenvalue weighted by Gasteiger charge is 2.16. The number of hydrogen-bond donors (Lipinski definition) is 0. The Kier molecular flexibility index (Phi) is 2.88. The van der Waals surface area contributed by atoms with Crippen molar-refractivity contribution in [1.82, 2.24) is 19.3 Å². The van der Waals surface area contributed by atoms with Gasteiger partial charge in [-0.3, -0.25) is 0 Å². The van der Waals surface area contributed by atoms with Gasteiger partial charge in [0.25, 0.3) is 0 Å². The number of benzene rings is 1. The summed E-state index contributed by atoms with van der Waals surface area (Å²) in [4.78, 5) is 0. The van der Waals surface area contributed by atoms with E-state index in [1.165, 1.54) is 23.7 Å². The molecule has 0 radical (unpaired) electrons. The molecule has 5 heteroatoms. The fourth-order valence-corrected chi connectivity index (χ4v) is 3.33. The van der Waals surface area contributed by atoms with Crippen molar-refractivity contribution >= 4 is 26.8 Å². The topological polar surface area (TPSA) is 35.6 Å². The highest BCUT2D eigenvalue weighted by molar-refractivity contribution is 9.10. The van der Waals surface area contributed by atoms with Crippen LogP contribution in [-0.2, 0) is 19.5 Å². The van der Waals surface area contributed by atoms with E-state index in [0.717, 1.165) is 35.6 Å². The van der Waals surface area contributed by atoms with Crippen LogP contribution in [0.25, 0.3) is 10.9 Å². The fourth-order valence-electron chi connectivity index (χ4n) is 2.95. The largest absolute Gasteiger partial charge is 0.340 e. The molecule has 0 unspecified atom stereocenters. The fraction of sp³-hybridized carbons (Fsp3) is 0.333. The van der Waals surface area contributed by atoms with Gasteiger partial charge in [0.15, 0.2) is 5.82 Å². The third-order valence-electron chi connectivity index (χ3n) is 3.98. The van der Waals surface area contributed by atoms with E-state index >= 15 is 0 Å². The predicted molar refractivity (Wildman–Crippen MR) is 81.7 cm³/mol. The molecule has 4 rings (SSSR count). The monoisotopic (exact) mass is 330 g/mol. The summed E-state index contributed by atoms with van der Waals surface area (Å²) in [6, 6.07) is 8.52. The van der Waals surface area contributed by atoms with E-state index in [1.807, 2.05) is 0 Å². The smallest absolute Gasteiger partial charge is 0.153 e. The maximum absolute atomic E-state index is 4.38. The Hall–Kier alpha value is -1.62. The molecule has 0 spiro atoms. The van der Waals surface area contributed by atoms with E-state index in [9.17, 15) is 0 Å². The number of nitrogens with zero attached hydrogens (tertiary/aromatic N) is 4. The van der Waals surface area contributed by atoms with Crippen molar-refractivity contribution in [3.05, 3.63) is 46.6 Å². The van der Waals surface area contributed by atoms with Crippen molar-refractivity contribution in [2.75, 3.05) is 0 Å². The summed E-state index contributed by atoms with van der Waals surface area (Å²) in [5.74, 6) is 2.21. The summed E-state index contributed by atoms with van der Waals surface area (Å²) in [5.41, 5.74) is 1.24. The molecule has 1 aromatic carbocycles. The average Bonchev–Trinajstić information content (AvgIpc) is 3.04. The van der Waals surface area contributed by atoms with Crippen LogP contribution in [0.15, 0.2) is 34.9 Å². The minimum absolute atomic E-state index is 0.790. The predicted octanol–water partition coefficient (Wildman–Crippen LogP) is 3.38. The number of aromatic nitrogens is 4. The molecule has 102 valence electrons. The SMILES string of the molecule is Brc1ccc2c(ccn2Cc2nnc3n2CCCC3)c1. The first-order valence-corrected chi connectivity index (χ1v) is 7.76. The molecule has 0 saturated carbocycles. The Balaban J connectivity index is 1.72. The summed E-state index contributed by atoms with van der Waals surface area (Å²) >= 11 is 3.52. The molecule has 3 heterocycles. The average molecular weight is 331 g/mol. The molecule has 0 N–H and O–H groups in total.